The first-order chi connectivity index (χ1) is 8.09. The maximum absolute atomic E-state index is 11.4. The van der Waals surface area contributed by atoms with Crippen molar-refractivity contribution in [2.45, 2.75) is 13.8 Å². The van der Waals surface area contributed by atoms with Gasteiger partial charge in [-0.2, -0.15) is 0 Å². The van der Waals surface area contributed by atoms with E-state index in [1.54, 1.807) is 12.4 Å². The Balaban J connectivity index is 2.61. The third kappa shape index (κ3) is 2.18. The molecule has 0 spiro atoms. The summed E-state index contributed by atoms with van der Waals surface area (Å²) >= 11 is 0. The van der Waals surface area contributed by atoms with Crippen LogP contribution < -0.4 is 5.73 Å². The summed E-state index contributed by atoms with van der Waals surface area (Å²) in [5.74, 6) is -0.392. The summed E-state index contributed by atoms with van der Waals surface area (Å²) in [5, 5.41) is 0. The third-order valence-corrected chi connectivity index (χ3v) is 2.93. The lowest BCUT2D eigenvalue weighted by molar-refractivity contribution is 0.0999. The van der Waals surface area contributed by atoms with E-state index in [1.165, 1.54) is 0 Å². The van der Waals surface area contributed by atoms with E-state index in [2.05, 4.69) is 4.98 Å². The van der Waals surface area contributed by atoms with Gasteiger partial charge in [-0.3, -0.25) is 9.78 Å². The van der Waals surface area contributed by atoms with Gasteiger partial charge in [0.15, 0.2) is 0 Å². The second-order valence-electron chi connectivity index (χ2n) is 4.07. The lowest BCUT2D eigenvalue weighted by Gasteiger charge is -2.09. The molecule has 2 aromatic rings. The lowest BCUT2D eigenvalue weighted by atomic mass is 9.96. The standard InChI is InChI=1S/C14H14N2O/c1-9-6-12(11-4-3-5-16-8-11)7-13(10(9)2)14(15)17/h3-8H,1-2H3,(H2,15,17). The van der Waals surface area contributed by atoms with E-state index >= 15 is 0 Å². The number of hydrogen-bond acceptors (Lipinski definition) is 2. The van der Waals surface area contributed by atoms with E-state index in [0.717, 1.165) is 22.3 Å². The molecule has 2 rings (SSSR count). The van der Waals surface area contributed by atoms with E-state index in [9.17, 15) is 4.79 Å². The van der Waals surface area contributed by atoms with Gasteiger partial charge in [0.05, 0.1) is 0 Å². The Morgan fingerprint density at radius 1 is 1.24 bits per heavy atom. The van der Waals surface area contributed by atoms with Crippen LogP contribution in [-0.2, 0) is 0 Å². The van der Waals surface area contributed by atoms with E-state index in [4.69, 9.17) is 5.73 Å². The van der Waals surface area contributed by atoms with Gasteiger partial charge in [0.2, 0.25) is 5.91 Å². The highest BCUT2D eigenvalue weighted by atomic mass is 16.1. The van der Waals surface area contributed by atoms with Crippen LogP contribution in [0, 0.1) is 13.8 Å². The van der Waals surface area contributed by atoms with Crippen LogP contribution in [0.5, 0.6) is 0 Å². The zero-order chi connectivity index (χ0) is 12.4. The molecule has 17 heavy (non-hydrogen) atoms. The maximum atomic E-state index is 11.4. The molecule has 0 unspecified atom stereocenters. The van der Waals surface area contributed by atoms with Crippen molar-refractivity contribution >= 4 is 5.91 Å². The van der Waals surface area contributed by atoms with Crippen molar-refractivity contribution < 1.29 is 4.79 Å². The van der Waals surface area contributed by atoms with Crippen molar-refractivity contribution in [3.05, 3.63) is 53.3 Å². The van der Waals surface area contributed by atoms with Crippen LogP contribution in [0.3, 0.4) is 0 Å². The number of rotatable bonds is 2. The molecule has 0 aliphatic rings. The molecule has 3 heteroatoms. The van der Waals surface area contributed by atoms with Gasteiger partial charge in [0.1, 0.15) is 0 Å². The van der Waals surface area contributed by atoms with Crippen LogP contribution in [0.1, 0.15) is 21.5 Å². The van der Waals surface area contributed by atoms with Gasteiger partial charge in [-0.15, -0.1) is 0 Å². The fraction of sp³-hybridized carbons (Fsp3) is 0.143. The predicted octanol–water partition coefficient (Wildman–Crippen LogP) is 2.46. The number of benzene rings is 1. The van der Waals surface area contributed by atoms with Gasteiger partial charge < -0.3 is 5.73 Å². The number of pyridine rings is 1. The summed E-state index contributed by atoms with van der Waals surface area (Å²) in [6.07, 6.45) is 3.49. The zero-order valence-corrected chi connectivity index (χ0v) is 9.90. The number of amides is 1. The monoisotopic (exact) mass is 226 g/mol. The Kier molecular flexibility index (Phi) is 2.91. The van der Waals surface area contributed by atoms with Crippen molar-refractivity contribution in [3.63, 3.8) is 0 Å². The fourth-order valence-electron chi connectivity index (χ4n) is 1.82. The molecule has 1 amide bonds. The highest BCUT2D eigenvalue weighted by molar-refractivity contribution is 5.96. The van der Waals surface area contributed by atoms with Gasteiger partial charge in [0, 0.05) is 23.5 Å². The number of primary amides is 1. The summed E-state index contributed by atoms with van der Waals surface area (Å²) in [7, 11) is 0. The number of carbonyl (C=O) groups excluding carboxylic acids is 1. The minimum absolute atomic E-state index is 0.392. The van der Waals surface area contributed by atoms with Gasteiger partial charge >= 0.3 is 0 Å². The lowest BCUT2D eigenvalue weighted by Crippen LogP contribution is -2.13. The Hall–Kier alpha value is -2.16. The number of aryl methyl sites for hydroxylation is 1. The fourth-order valence-corrected chi connectivity index (χ4v) is 1.82. The van der Waals surface area contributed by atoms with Crippen molar-refractivity contribution in [3.8, 4) is 11.1 Å². The number of hydrogen-bond donors (Lipinski definition) is 1. The molecule has 0 bridgehead atoms. The van der Waals surface area contributed by atoms with Crippen LogP contribution in [0.4, 0.5) is 0 Å². The second-order valence-corrected chi connectivity index (χ2v) is 4.07. The first-order valence-corrected chi connectivity index (χ1v) is 5.41. The predicted molar refractivity (Wildman–Crippen MR) is 67.7 cm³/mol. The first-order valence-electron chi connectivity index (χ1n) is 5.41. The average molecular weight is 226 g/mol. The molecule has 1 heterocycles. The topological polar surface area (TPSA) is 56.0 Å². The number of nitrogens with two attached hydrogens (primary N) is 1. The second kappa shape index (κ2) is 4.37. The smallest absolute Gasteiger partial charge is 0.248 e. The Morgan fingerprint density at radius 2 is 2.00 bits per heavy atom. The molecule has 0 saturated heterocycles. The summed E-state index contributed by atoms with van der Waals surface area (Å²) in [5.41, 5.74) is 9.89. The van der Waals surface area contributed by atoms with Crippen LogP contribution >= 0.6 is 0 Å². The zero-order valence-electron chi connectivity index (χ0n) is 9.90. The molecule has 3 nitrogen and oxygen atoms in total. The summed E-state index contributed by atoms with van der Waals surface area (Å²) in [4.78, 5) is 15.4. The van der Waals surface area contributed by atoms with Gasteiger partial charge in [-0.25, -0.2) is 0 Å². The summed E-state index contributed by atoms with van der Waals surface area (Å²) in [6, 6.07) is 7.69. The van der Waals surface area contributed by atoms with Gasteiger partial charge in [-0.05, 0) is 42.7 Å². The quantitative estimate of drug-likeness (QED) is 0.855. The Labute approximate surface area is 100 Å². The van der Waals surface area contributed by atoms with Crippen molar-refractivity contribution in [2.24, 2.45) is 5.73 Å². The van der Waals surface area contributed by atoms with Crippen molar-refractivity contribution in [1.29, 1.82) is 0 Å². The van der Waals surface area contributed by atoms with Crippen LogP contribution in [0.25, 0.3) is 11.1 Å². The Morgan fingerprint density at radius 3 is 2.59 bits per heavy atom. The van der Waals surface area contributed by atoms with Crippen LogP contribution in [0.2, 0.25) is 0 Å². The number of nitrogens with zero attached hydrogens (tertiary/aromatic N) is 1. The molecular formula is C14H14N2O. The van der Waals surface area contributed by atoms with Gasteiger partial charge in [0.25, 0.3) is 0 Å². The van der Waals surface area contributed by atoms with E-state index in [1.807, 2.05) is 38.1 Å². The molecule has 0 aliphatic heterocycles. The average Bonchev–Trinajstić information content (AvgIpc) is 2.33. The first kappa shape index (κ1) is 11.3. The molecule has 0 fully saturated rings. The van der Waals surface area contributed by atoms with E-state index in [0.29, 0.717) is 5.56 Å². The number of carbonyl (C=O) groups is 1. The van der Waals surface area contributed by atoms with Crippen LogP contribution in [-0.4, -0.2) is 10.9 Å². The number of aromatic nitrogens is 1. The van der Waals surface area contributed by atoms with E-state index in [-0.39, 0.29) is 0 Å². The molecule has 1 aromatic heterocycles. The van der Waals surface area contributed by atoms with Crippen molar-refractivity contribution in [1.82, 2.24) is 4.98 Å². The molecular weight excluding hydrogens is 212 g/mol. The van der Waals surface area contributed by atoms with Crippen LogP contribution in [0.15, 0.2) is 36.7 Å². The Bertz CT molecular complexity index is 562. The molecule has 0 aliphatic carbocycles. The molecule has 1 aromatic carbocycles. The van der Waals surface area contributed by atoms with Crippen molar-refractivity contribution in [2.75, 3.05) is 0 Å². The summed E-state index contributed by atoms with van der Waals surface area (Å²) in [6.45, 7) is 3.88. The maximum Gasteiger partial charge on any atom is 0.248 e. The third-order valence-electron chi connectivity index (χ3n) is 2.93. The van der Waals surface area contributed by atoms with Gasteiger partial charge in [-0.1, -0.05) is 12.1 Å². The SMILES string of the molecule is Cc1cc(-c2cccnc2)cc(C(N)=O)c1C. The minimum Gasteiger partial charge on any atom is -0.366 e. The molecule has 86 valence electrons. The highest BCUT2D eigenvalue weighted by Crippen LogP contribution is 2.24. The minimum atomic E-state index is -0.392. The molecule has 0 atom stereocenters. The normalized spacial score (nSPS) is 10.2. The molecule has 2 N–H and O–H groups in total. The highest BCUT2D eigenvalue weighted by Gasteiger charge is 2.10. The van der Waals surface area contributed by atoms with E-state index < -0.39 is 5.91 Å². The molecule has 0 radical (unpaired) electrons. The largest absolute Gasteiger partial charge is 0.366 e. The summed E-state index contributed by atoms with van der Waals surface area (Å²) < 4.78 is 0. The molecule has 0 saturated carbocycles.